The molecule has 0 fully saturated rings. The smallest absolute Gasteiger partial charge is 0.111 e. The summed E-state index contributed by atoms with van der Waals surface area (Å²) in [6.07, 6.45) is 3.70. The molecule has 4 heteroatoms. The van der Waals surface area contributed by atoms with Gasteiger partial charge in [0.25, 0.3) is 0 Å². The molecule has 0 saturated carbocycles. The van der Waals surface area contributed by atoms with Gasteiger partial charge < -0.3 is 5.32 Å². The third-order valence-electron chi connectivity index (χ3n) is 3.37. The summed E-state index contributed by atoms with van der Waals surface area (Å²) in [5.41, 5.74) is 2.27. The second-order valence-corrected chi connectivity index (χ2v) is 5.98. The number of thiazole rings is 1. The van der Waals surface area contributed by atoms with Gasteiger partial charge in [-0.1, -0.05) is 18.2 Å². The van der Waals surface area contributed by atoms with E-state index in [4.69, 9.17) is 4.98 Å². The molecule has 102 valence electrons. The predicted molar refractivity (Wildman–Crippen MR) is 83.8 cm³/mol. The van der Waals surface area contributed by atoms with Crippen LogP contribution >= 0.6 is 11.3 Å². The van der Waals surface area contributed by atoms with Crippen LogP contribution in [0.5, 0.6) is 0 Å². The predicted octanol–water partition coefficient (Wildman–Crippen LogP) is 4.10. The van der Waals surface area contributed by atoms with Crippen LogP contribution in [0.15, 0.2) is 48.8 Å². The summed E-state index contributed by atoms with van der Waals surface area (Å²) >= 11 is 1.75. The average Bonchev–Trinajstić information content (AvgIpc) is 2.92. The van der Waals surface area contributed by atoms with E-state index < -0.39 is 0 Å². The van der Waals surface area contributed by atoms with Crippen LogP contribution in [0, 0.1) is 0 Å². The number of rotatable bonds is 4. The largest absolute Gasteiger partial charge is 0.301 e. The van der Waals surface area contributed by atoms with Crippen molar-refractivity contribution in [3.63, 3.8) is 0 Å². The van der Waals surface area contributed by atoms with Crippen molar-refractivity contribution in [2.24, 2.45) is 0 Å². The summed E-state index contributed by atoms with van der Waals surface area (Å²) < 4.78 is 1.24. The highest BCUT2D eigenvalue weighted by molar-refractivity contribution is 7.18. The molecule has 0 radical (unpaired) electrons. The Labute approximate surface area is 122 Å². The Morgan fingerprint density at radius 2 is 1.90 bits per heavy atom. The zero-order valence-corrected chi connectivity index (χ0v) is 12.4. The lowest BCUT2D eigenvalue weighted by Crippen LogP contribution is -2.22. The fraction of sp³-hybridized carbons (Fsp3) is 0.250. The molecule has 3 aromatic rings. The van der Waals surface area contributed by atoms with Gasteiger partial charge in [0.15, 0.2) is 0 Å². The van der Waals surface area contributed by atoms with Crippen LogP contribution in [0.2, 0.25) is 0 Å². The Kier molecular flexibility index (Phi) is 3.76. The fourth-order valence-electron chi connectivity index (χ4n) is 2.25. The number of para-hydroxylation sites is 1. The maximum atomic E-state index is 4.70. The first-order valence-corrected chi connectivity index (χ1v) is 7.57. The topological polar surface area (TPSA) is 37.8 Å². The van der Waals surface area contributed by atoms with E-state index >= 15 is 0 Å². The van der Waals surface area contributed by atoms with E-state index in [2.05, 4.69) is 48.4 Å². The molecule has 3 rings (SSSR count). The monoisotopic (exact) mass is 283 g/mol. The van der Waals surface area contributed by atoms with Crippen molar-refractivity contribution in [2.75, 3.05) is 0 Å². The summed E-state index contributed by atoms with van der Waals surface area (Å²) in [5.74, 6) is 0. The first-order valence-electron chi connectivity index (χ1n) is 6.75. The zero-order valence-electron chi connectivity index (χ0n) is 11.6. The molecule has 20 heavy (non-hydrogen) atoms. The van der Waals surface area contributed by atoms with Crippen LogP contribution in [0.4, 0.5) is 0 Å². The summed E-state index contributed by atoms with van der Waals surface area (Å²) in [6.45, 7) is 4.31. The Hall–Kier alpha value is -1.78. The first-order chi connectivity index (χ1) is 9.74. The summed E-state index contributed by atoms with van der Waals surface area (Å²) in [5, 5.41) is 4.71. The van der Waals surface area contributed by atoms with Gasteiger partial charge in [-0.05, 0) is 37.6 Å². The van der Waals surface area contributed by atoms with Gasteiger partial charge in [0.1, 0.15) is 5.01 Å². The lowest BCUT2D eigenvalue weighted by molar-refractivity contribution is 0.492. The van der Waals surface area contributed by atoms with E-state index in [1.165, 1.54) is 10.3 Å². The van der Waals surface area contributed by atoms with Crippen LogP contribution in [-0.4, -0.2) is 9.97 Å². The van der Waals surface area contributed by atoms with Crippen LogP contribution in [0.25, 0.3) is 10.2 Å². The minimum absolute atomic E-state index is 0.225. The number of nitrogens with one attached hydrogen (secondary N) is 1. The molecule has 0 spiro atoms. The highest BCUT2D eigenvalue weighted by atomic mass is 32.1. The average molecular weight is 283 g/mol. The van der Waals surface area contributed by atoms with Crippen LogP contribution < -0.4 is 5.32 Å². The highest BCUT2D eigenvalue weighted by Crippen LogP contribution is 2.27. The van der Waals surface area contributed by atoms with Gasteiger partial charge in [-0.15, -0.1) is 11.3 Å². The molecule has 0 bridgehead atoms. The maximum absolute atomic E-state index is 4.70. The first kappa shape index (κ1) is 13.2. The maximum Gasteiger partial charge on any atom is 0.111 e. The highest BCUT2D eigenvalue weighted by Gasteiger charge is 2.14. The van der Waals surface area contributed by atoms with E-state index in [0.29, 0.717) is 0 Å². The SMILES string of the molecule is CC(N[C@H](C)c1cccnc1)c1nc2ccccc2s1. The van der Waals surface area contributed by atoms with Gasteiger partial charge in [0, 0.05) is 18.4 Å². The van der Waals surface area contributed by atoms with Gasteiger partial charge in [0.2, 0.25) is 0 Å². The molecular formula is C16H17N3S. The lowest BCUT2D eigenvalue weighted by atomic mass is 10.1. The summed E-state index contributed by atoms with van der Waals surface area (Å²) in [7, 11) is 0. The Bertz CT molecular complexity index is 660. The molecule has 3 nitrogen and oxygen atoms in total. The number of fused-ring (bicyclic) bond motifs is 1. The van der Waals surface area contributed by atoms with Crippen molar-refractivity contribution >= 4 is 21.6 Å². The molecule has 0 saturated heterocycles. The van der Waals surface area contributed by atoms with Gasteiger partial charge >= 0.3 is 0 Å². The molecule has 0 aliphatic heterocycles. The van der Waals surface area contributed by atoms with Crippen LogP contribution in [0.1, 0.15) is 36.5 Å². The van der Waals surface area contributed by atoms with Crippen molar-refractivity contribution in [3.05, 3.63) is 59.4 Å². The second kappa shape index (κ2) is 5.69. The van der Waals surface area contributed by atoms with E-state index in [1.54, 1.807) is 17.5 Å². The Morgan fingerprint density at radius 1 is 1.05 bits per heavy atom. The molecule has 0 aliphatic carbocycles. The molecule has 2 heterocycles. The molecule has 1 unspecified atom stereocenters. The van der Waals surface area contributed by atoms with Crippen molar-refractivity contribution in [1.82, 2.24) is 15.3 Å². The molecule has 1 aromatic carbocycles. The molecule has 0 aliphatic rings. The van der Waals surface area contributed by atoms with E-state index in [9.17, 15) is 0 Å². The quantitative estimate of drug-likeness (QED) is 0.783. The standard InChI is InChI=1S/C16H17N3S/c1-11(13-6-5-9-17-10-13)18-12(2)16-19-14-7-3-4-8-15(14)20-16/h3-12,18H,1-2H3/t11-,12?/m1/s1. The number of nitrogens with zero attached hydrogens (tertiary/aromatic N) is 2. The zero-order chi connectivity index (χ0) is 13.9. The number of benzene rings is 1. The number of hydrogen-bond donors (Lipinski definition) is 1. The Morgan fingerprint density at radius 3 is 2.65 bits per heavy atom. The number of pyridine rings is 1. The number of aromatic nitrogens is 2. The van der Waals surface area contributed by atoms with Crippen LogP contribution in [-0.2, 0) is 0 Å². The third-order valence-corrected chi connectivity index (χ3v) is 4.58. The molecule has 1 N–H and O–H groups in total. The van der Waals surface area contributed by atoms with E-state index in [1.807, 2.05) is 18.3 Å². The van der Waals surface area contributed by atoms with Crippen molar-refractivity contribution in [1.29, 1.82) is 0 Å². The normalized spacial score (nSPS) is 14.3. The van der Waals surface area contributed by atoms with Gasteiger partial charge in [-0.2, -0.15) is 0 Å². The van der Waals surface area contributed by atoms with Crippen molar-refractivity contribution in [3.8, 4) is 0 Å². The van der Waals surface area contributed by atoms with Gasteiger partial charge in [-0.25, -0.2) is 4.98 Å². The lowest BCUT2D eigenvalue weighted by Gasteiger charge is -2.18. The Balaban J connectivity index is 1.77. The second-order valence-electron chi connectivity index (χ2n) is 4.92. The molecule has 0 amide bonds. The van der Waals surface area contributed by atoms with Gasteiger partial charge in [0.05, 0.1) is 16.3 Å². The third kappa shape index (κ3) is 2.71. The van der Waals surface area contributed by atoms with Crippen LogP contribution in [0.3, 0.4) is 0 Å². The van der Waals surface area contributed by atoms with Crippen molar-refractivity contribution < 1.29 is 0 Å². The fourth-order valence-corrected chi connectivity index (χ4v) is 3.23. The minimum atomic E-state index is 0.225. The summed E-state index contributed by atoms with van der Waals surface area (Å²) in [6, 6.07) is 12.8. The van der Waals surface area contributed by atoms with Crippen molar-refractivity contribution in [2.45, 2.75) is 25.9 Å². The molecular weight excluding hydrogens is 266 g/mol. The minimum Gasteiger partial charge on any atom is -0.301 e. The van der Waals surface area contributed by atoms with E-state index in [0.717, 1.165) is 10.5 Å². The molecule has 2 atom stereocenters. The van der Waals surface area contributed by atoms with Gasteiger partial charge in [-0.3, -0.25) is 4.98 Å². The summed E-state index contributed by atoms with van der Waals surface area (Å²) in [4.78, 5) is 8.87. The van der Waals surface area contributed by atoms with E-state index in [-0.39, 0.29) is 12.1 Å². The molecule has 2 aromatic heterocycles. The number of hydrogen-bond acceptors (Lipinski definition) is 4.